The maximum Gasteiger partial charge on any atom is 0.216 e. The second-order valence-electron chi connectivity index (χ2n) is 7.65. The standard InChI is InChI=1S/C18H32N2O2/c1-16(21)14-19(2,3)12-9-13-20(4,5)15-18(22)17-10-7-6-8-11-17/h6-8,10-11,16,21H,9,12-15H2,1-5H3/q+2. The Kier molecular flexibility index (Phi) is 6.72. The Morgan fingerprint density at radius 2 is 1.59 bits per heavy atom. The minimum absolute atomic E-state index is 0.198. The third-order valence-electron chi connectivity index (χ3n) is 3.95. The van der Waals surface area contributed by atoms with Crippen LogP contribution in [0.25, 0.3) is 0 Å². The maximum absolute atomic E-state index is 12.3. The van der Waals surface area contributed by atoms with Gasteiger partial charge in [-0.25, -0.2) is 0 Å². The van der Waals surface area contributed by atoms with Crippen LogP contribution < -0.4 is 0 Å². The molecule has 0 heterocycles. The zero-order valence-electron chi connectivity index (χ0n) is 14.7. The zero-order chi connectivity index (χ0) is 16.8. The molecule has 1 unspecified atom stereocenters. The molecule has 0 radical (unpaired) electrons. The molecule has 0 aliphatic carbocycles. The van der Waals surface area contributed by atoms with Gasteiger partial charge in [0, 0.05) is 12.0 Å². The van der Waals surface area contributed by atoms with Gasteiger partial charge in [0.2, 0.25) is 5.78 Å². The average Bonchev–Trinajstić information content (AvgIpc) is 2.36. The smallest absolute Gasteiger partial charge is 0.216 e. The lowest BCUT2D eigenvalue weighted by Crippen LogP contribution is -2.49. The minimum atomic E-state index is -0.280. The number of Topliss-reactive ketones (excluding diaryl/α,β-unsaturated/α-hetero) is 1. The molecule has 0 aromatic heterocycles. The summed E-state index contributed by atoms with van der Waals surface area (Å²) >= 11 is 0. The summed E-state index contributed by atoms with van der Waals surface area (Å²) in [6, 6.07) is 9.50. The lowest BCUT2D eigenvalue weighted by molar-refractivity contribution is -0.907. The number of nitrogens with zero attached hydrogens (tertiary/aromatic N) is 2. The predicted molar refractivity (Wildman–Crippen MR) is 90.8 cm³/mol. The molecule has 4 nitrogen and oxygen atoms in total. The van der Waals surface area contributed by atoms with Gasteiger partial charge in [0.15, 0.2) is 0 Å². The Morgan fingerprint density at radius 3 is 2.14 bits per heavy atom. The molecule has 0 aliphatic heterocycles. The largest absolute Gasteiger partial charge is 0.388 e. The number of quaternary nitrogens is 2. The zero-order valence-corrected chi connectivity index (χ0v) is 14.7. The molecule has 124 valence electrons. The van der Waals surface area contributed by atoms with E-state index >= 15 is 0 Å². The summed E-state index contributed by atoms with van der Waals surface area (Å²) in [6.45, 7) is 5.08. The highest BCUT2D eigenvalue weighted by Gasteiger charge is 2.23. The van der Waals surface area contributed by atoms with Crippen LogP contribution in [0.15, 0.2) is 30.3 Å². The number of benzene rings is 1. The number of ketones is 1. The summed E-state index contributed by atoms with van der Waals surface area (Å²) in [4.78, 5) is 12.3. The maximum atomic E-state index is 12.3. The van der Waals surface area contributed by atoms with E-state index in [1.165, 1.54) is 0 Å². The predicted octanol–water partition coefficient (Wildman–Crippen LogP) is 1.79. The molecule has 0 fully saturated rings. The quantitative estimate of drug-likeness (QED) is 0.558. The van der Waals surface area contributed by atoms with Gasteiger partial charge in [0.25, 0.3) is 0 Å². The molecular weight excluding hydrogens is 276 g/mol. The van der Waals surface area contributed by atoms with E-state index < -0.39 is 0 Å². The fourth-order valence-corrected chi connectivity index (χ4v) is 2.92. The molecule has 0 amide bonds. The number of rotatable bonds is 9. The van der Waals surface area contributed by atoms with Gasteiger partial charge in [-0.1, -0.05) is 30.3 Å². The highest BCUT2D eigenvalue weighted by atomic mass is 16.3. The van der Waals surface area contributed by atoms with E-state index in [2.05, 4.69) is 28.2 Å². The first-order chi connectivity index (χ1) is 10.1. The first kappa shape index (κ1) is 18.8. The first-order valence-corrected chi connectivity index (χ1v) is 8.02. The minimum Gasteiger partial charge on any atom is -0.388 e. The number of aliphatic hydroxyl groups excluding tert-OH is 1. The number of aliphatic hydroxyl groups is 1. The second-order valence-corrected chi connectivity index (χ2v) is 7.65. The summed E-state index contributed by atoms with van der Waals surface area (Å²) in [5.41, 5.74) is 0.791. The van der Waals surface area contributed by atoms with Crippen LogP contribution in [-0.4, -0.2) is 80.3 Å². The van der Waals surface area contributed by atoms with Crippen LogP contribution in [0.2, 0.25) is 0 Å². The molecule has 0 saturated carbocycles. The number of carbonyl (C=O) groups is 1. The summed E-state index contributed by atoms with van der Waals surface area (Å²) < 4.78 is 1.51. The first-order valence-electron chi connectivity index (χ1n) is 8.02. The second kappa shape index (κ2) is 7.86. The molecule has 0 bridgehead atoms. The van der Waals surface area contributed by atoms with Crippen molar-refractivity contribution in [3.8, 4) is 0 Å². The van der Waals surface area contributed by atoms with Gasteiger partial charge in [-0.05, 0) is 6.92 Å². The SMILES string of the molecule is CC(O)C[N+](C)(C)CCC[N+](C)(C)CC(=O)c1ccccc1. The van der Waals surface area contributed by atoms with Crippen molar-refractivity contribution in [1.29, 1.82) is 0 Å². The Hall–Kier alpha value is -1.23. The van der Waals surface area contributed by atoms with Crippen LogP contribution in [0.4, 0.5) is 0 Å². The molecular formula is C18H32N2O2+2. The molecule has 1 rings (SSSR count). The van der Waals surface area contributed by atoms with Crippen molar-refractivity contribution in [1.82, 2.24) is 0 Å². The van der Waals surface area contributed by atoms with Gasteiger partial charge in [-0.2, -0.15) is 0 Å². The normalized spacial score (nSPS) is 13.9. The van der Waals surface area contributed by atoms with Crippen LogP contribution in [0, 0.1) is 0 Å². The highest BCUT2D eigenvalue weighted by Crippen LogP contribution is 2.08. The van der Waals surface area contributed by atoms with Crippen molar-refractivity contribution in [2.75, 3.05) is 54.4 Å². The van der Waals surface area contributed by atoms with Crippen LogP contribution in [0.1, 0.15) is 23.7 Å². The number of likely N-dealkylation sites (N-methyl/N-ethyl adjacent to an activating group) is 2. The third-order valence-corrected chi connectivity index (χ3v) is 3.95. The van der Waals surface area contributed by atoms with Gasteiger partial charge in [-0.3, -0.25) is 4.79 Å². The van der Waals surface area contributed by atoms with E-state index in [9.17, 15) is 9.90 Å². The van der Waals surface area contributed by atoms with Crippen molar-refractivity contribution in [3.63, 3.8) is 0 Å². The Morgan fingerprint density at radius 1 is 1.05 bits per heavy atom. The molecule has 1 N–H and O–H groups in total. The molecule has 1 aromatic rings. The average molecular weight is 308 g/mol. The number of hydrogen-bond donors (Lipinski definition) is 1. The Labute approximate surface area is 135 Å². The van der Waals surface area contributed by atoms with Crippen molar-refractivity contribution in [2.24, 2.45) is 0 Å². The van der Waals surface area contributed by atoms with Gasteiger partial charge in [0.05, 0.1) is 41.3 Å². The van der Waals surface area contributed by atoms with E-state index in [4.69, 9.17) is 0 Å². The van der Waals surface area contributed by atoms with Crippen molar-refractivity contribution >= 4 is 5.78 Å². The van der Waals surface area contributed by atoms with Crippen molar-refractivity contribution in [3.05, 3.63) is 35.9 Å². The third kappa shape index (κ3) is 7.16. The van der Waals surface area contributed by atoms with Crippen LogP contribution in [0.5, 0.6) is 0 Å². The number of hydrogen-bond acceptors (Lipinski definition) is 2. The summed E-state index contributed by atoms with van der Waals surface area (Å²) in [5.74, 6) is 0.198. The fraction of sp³-hybridized carbons (Fsp3) is 0.611. The Balaban J connectivity index is 2.45. The molecule has 1 aromatic carbocycles. The molecule has 0 aliphatic rings. The van der Waals surface area contributed by atoms with Gasteiger partial charge in [0.1, 0.15) is 19.2 Å². The van der Waals surface area contributed by atoms with Gasteiger partial charge < -0.3 is 14.1 Å². The monoisotopic (exact) mass is 308 g/mol. The molecule has 0 spiro atoms. The summed E-state index contributed by atoms with van der Waals surface area (Å²) in [7, 11) is 8.49. The Bertz CT molecular complexity index is 467. The van der Waals surface area contributed by atoms with Crippen LogP contribution in [-0.2, 0) is 0 Å². The van der Waals surface area contributed by atoms with E-state index in [0.717, 1.165) is 36.1 Å². The molecule has 22 heavy (non-hydrogen) atoms. The summed E-state index contributed by atoms with van der Waals surface area (Å²) in [6.07, 6.45) is 0.756. The van der Waals surface area contributed by atoms with E-state index in [0.29, 0.717) is 11.0 Å². The highest BCUT2D eigenvalue weighted by molar-refractivity contribution is 5.96. The van der Waals surface area contributed by atoms with E-state index in [1.807, 2.05) is 37.3 Å². The lowest BCUT2D eigenvalue weighted by atomic mass is 10.1. The lowest BCUT2D eigenvalue weighted by Gasteiger charge is -2.34. The summed E-state index contributed by atoms with van der Waals surface area (Å²) in [5, 5.41) is 9.53. The van der Waals surface area contributed by atoms with Crippen molar-refractivity contribution in [2.45, 2.75) is 19.4 Å². The molecule has 4 heteroatoms. The van der Waals surface area contributed by atoms with Crippen LogP contribution in [0.3, 0.4) is 0 Å². The van der Waals surface area contributed by atoms with Crippen LogP contribution >= 0.6 is 0 Å². The number of carbonyl (C=O) groups excluding carboxylic acids is 1. The van der Waals surface area contributed by atoms with E-state index in [1.54, 1.807) is 0 Å². The fourth-order valence-electron chi connectivity index (χ4n) is 2.92. The molecule has 0 saturated heterocycles. The van der Waals surface area contributed by atoms with Gasteiger partial charge in [-0.15, -0.1) is 0 Å². The van der Waals surface area contributed by atoms with E-state index in [-0.39, 0.29) is 11.9 Å². The topological polar surface area (TPSA) is 37.3 Å². The van der Waals surface area contributed by atoms with Crippen molar-refractivity contribution < 1.29 is 18.9 Å². The van der Waals surface area contributed by atoms with Gasteiger partial charge >= 0.3 is 0 Å². The molecule has 1 atom stereocenters.